The number of hydrogen-bond donors (Lipinski definition) is 0. The smallest absolute Gasteiger partial charge is 0.241 e. The number of rotatable bonds is 4. The summed E-state index contributed by atoms with van der Waals surface area (Å²) in [5.74, 6) is 1.25. The predicted octanol–water partition coefficient (Wildman–Crippen LogP) is 4.41. The summed E-state index contributed by atoms with van der Waals surface area (Å²) in [7, 11) is 0. The van der Waals surface area contributed by atoms with E-state index in [4.69, 9.17) is 16.1 Å². The van der Waals surface area contributed by atoms with Crippen LogP contribution in [0.15, 0.2) is 53.1 Å². The van der Waals surface area contributed by atoms with E-state index in [9.17, 15) is 0 Å². The lowest BCUT2D eigenvalue weighted by molar-refractivity contribution is 0.159. The van der Waals surface area contributed by atoms with Crippen molar-refractivity contribution in [3.63, 3.8) is 0 Å². The molecule has 2 heterocycles. The number of nitrogens with zero attached hydrogens (tertiary/aromatic N) is 4. The lowest BCUT2D eigenvalue weighted by atomic mass is 10.1. The van der Waals surface area contributed by atoms with Crippen molar-refractivity contribution in [3.8, 4) is 11.4 Å². The molecule has 4 rings (SSSR count). The molecule has 1 atom stereocenters. The highest BCUT2D eigenvalue weighted by Gasteiger charge is 2.25. The molecule has 27 heavy (non-hydrogen) atoms. The Balaban J connectivity index is 1.39. The van der Waals surface area contributed by atoms with Crippen molar-refractivity contribution in [2.24, 2.45) is 0 Å². The van der Waals surface area contributed by atoms with Crippen LogP contribution in [0.25, 0.3) is 11.4 Å². The van der Waals surface area contributed by atoms with Crippen LogP contribution in [0.1, 0.15) is 18.4 Å². The van der Waals surface area contributed by atoms with Gasteiger partial charge in [-0.1, -0.05) is 34.5 Å². The maximum Gasteiger partial charge on any atom is 0.241 e. The zero-order chi connectivity index (χ0) is 18.8. The van der Waals surface area contributed by atoms with Crippen molar-refractivity contribution in [3.05, 3.63) is 65.0 Å². The Morgan fingerprint density at radius 1 is 1.07 bits per heavy atom. The summed E-state index contributed by atoms with van der Waals surface area (Å²) in [6, 6.07) is 16.6. The average Bonchev–Trinajstić information content (AvgIpc) is 3.13. The molecule has 0 saturated carbocycles. The number of halogens is 1. The first-order valence-electron chi connectivity index (χ1n) is 9.23. The first-order chi connectivity index (χ1) is 13.1. The first-order valence-corrected chi connectivity index (χ1v) is 9.60. The zero-order valence-corrected chi connectivity index (χ0v) is 16.4. The van der Waals surface area contributed by atoms with Crippen LogP contribution in [0.5, 0.6) is 0 Å². The van der Waals surface area contributed by atoms with Gasteiger partial charge in [0.15, 0.2) is 0 Å². The van der Waals surface area contributed by atoms with Gasteiger partial charge in [0.1, 0.15) is 0 Å². The Bertz CT molecular complexity index is 891. The number of anilines is 1. The molecule has 6 heteroatoms. The second-order valence-corrected chi connectivity index (χ2v) is 7.56. The summed E-state index contributed by atoms with van der Waals surface area (Å²) in [6.07, 6.45) is 0. The van der Waals surface area contributed by atoms with Crippen LogP contribution in [-0.4, -0.2) is 40.7 Å². The molecule has 0 amide bonds. The maximum atomic E-state index is 5.94. The van der Waals surface area contributed by atoms with Crippen LogP contribution in [0.4, 0.5) is 5.69 Å². The van der Waals surface area contributed by atoms with Gasteiger partial charge in [0, 0.05) is 41.9 Å². The van der Waals surface area contributed by atoms with Crippen molar-refractivity contribution in [2.75, 3.05) is 24.5 Å². The summed E-state index contributed by atoms with van der Waals surface area (Å²) < 4.78 is 5.48. The van der Waals surface area contributed by atoms with Crippen LogP contribution in [0.3, 0.4) is 0 Å². The van der Waals surface area contributed by atoms with Crippen molar-refractivity contribution in [2.45, 2.75) is 26.4 Å². The van der Waals surface area contributed by atoms with Crippen molar-refractivity contribution < 1.29 is 4.52 Å². The van der Waals surface area contributed by atoms with Crippen LogP contribution in [0, 0.1) is 6.92 Å². The number of benzene rings is 2. The van der Waals surface area contributed by atoms with Crippen LogP contribution in [0.2, 0.25) is 5.02 Å². The molecule has 0 N–H and O–H groups in total. The number of hydrogen-bond acceptors (Lipinski definition) is 5. The Hall–Kier alpha value is -2.37. The lowest BCUT2D eigenvalue weighted by Crippen LogP contribution is -2.51. The van der Waals surface area contributed by atoms with Gasteiger partial charge >= 0.3 is 0 Å². The Morgan fingerprint density at radius 3 is 2.52 bits per heavy atom. The maximum absolute atomic E-state index is 5.94. The van der Waals surface area contributed by atoms with E-state index in [1.54, 1.807) is 0 Å². The molecule has 140 valence electrons. The second-order valence-electron chi connectivity index (χ2n) is 7.12. The van der Waals surface area contributed by atoms with Gasteiger partial charge < -0.3 is 9.42 Å². The molecule has 1 aliphatic heterocycles. The van der Waals surface area contributed by atoms with Crippen molar-refractivity contribution in [1.82, 2.24) is 15.0 Å². The minimum atomic E-state index is 0.408. The topological polar surface area (TPSA) is 45.4 Å². The van der Waals surface area contributed by atoms with E-state index in [0.717, 1.165) is 25.2 Å². The molecule has 1 unspecified atom stereocenters. The van der Waals surface area contributed by atoms with Gasteiger partial charge in [-0.3, -0.25) is 4.90 Å². The molecule has 2 aromatic carbocycles. The quantitative estimate of drug-likeness (QED) is 0.668. The SMILES string of the molecule is Cc1ccc(N2CCN(Cc3nc(-c4ccc(Cl)cc4)no3)C(C)C2)cc1. The third-order valence-corrected chi connectivity index (χ3v) is 5.33. The predicted molar refractivity (Wildman–Crippen MR) is 108 cm³/mol. The molecular formula is C21H23ClN4O. The first kappa shape index (κ1) is 18.0. The van der Waals surface area contributed by atoms with Gasteiger partial charge in [0.2, 0.25) is 11.7 Å². The van der Waals surface area contributed by atoms with Gasteiger partial charge in [-0.05, 0) is 50.2 Å². The van der Waals surface area contributed by atoms with E-state index < -0.39 is 0 Å². The van der Waals surface area contributed by atoms with Gasteiger partial charge in [-0.2, -0.15) is 4.98 Å². The fraction of sp³-hybridized carbons (Fsp3) is 0.333. The van der Waals surface area contributed by atoms with Crippen LogP contribution in [-0.2, 0) is 6.54 Å². The van der Waals surface area contributed by atoms with Gasteiger partial charge in [-0.15, -0.1) is 0 Å². The molecule has 0 spiro atoms. The Labute approximate surface area is 164 Å². The number of aryl methyl sites for hydroxylation is 1. The monoisotopic (exact) mass is 382 g/mol. The molecular weight excluding hydrogens is 360 g/mol. The summed E-state index contributed by atoms with van der Waals surface area (Å²) in [4.78, 5) is 9.38. The molecule has 0 bridgehead atoms. The van der Waals surface area contributed by atoms with Crippen molar-refractivity contribution in [1.29, 1.82) is 0 Å². The highest BCUT2D eigenvalue weighted by Crippen LogP contribution is 2.22. The van der Waals surface area contributed by atoms with Gasteiger partial charge in [-0.25, -0.2) is 0 Å². The number of piperazine rings is 1. The standard InChI is InChI=1S/C21H23ClN4O/c1-15-3-9-19(10-4-15)26-12-11-25(16(2)13-26)14-20-23-21(24-27-20)17-5-7-18(22)8-6-17/h3-10,16H,11-14H2,1-2H3. The van der Waals surface area contributed by atoms with E-state index in [1.807, 2.05) is 24.3 Å². The average molecular weight is 383 g/mol. The van der Waals surface area contributed by atoms with Crippen LogP contribution < -0.4 is 4.90 Å². The molecule has 3 aromatic rings. The molecule has 1 saturated heterocycles. The molecule has 1 fully saturated rings. The summed E-state index contributed by atoms with van der Waals surface area (Å²) in [6.45, 7) is 7.98. The molecule has 1 aromatic heterocycles. The lowest BCUT2D eigenvalue weighted by Gasteiger charge is -2.40. The van der Waals surface area contributed by atoms with E-state index in [1.165, 1.54) is 11.3 Å². The van der Waals surface area contributed by atoms with E-state index >= 15 is 0 Å². The van der Waals surface area contributed by atoms with E-state index in [0.29, 0.717) is 29.3 Å². The molecule has 5 nitrogen and oxygen atoms in total. The zero-order valence-electron chi connectivity index (χ0n) is 15.6. The molecule has 0 aliphatic carbocycles. The highest BCUT2D eigenvalue weighted by molar-refractivity contribution is 6.30. The fourth-order valence-corrected chi connectivity index (χ4v) is 3.56. The molecule has 0 radical (unpaired) electrons. The minimum absolute atomic E-state index is 0.408. The fourth-order valence-electron chi connectivity index (χ4n) is 3.43. The van der Waals surface area contributed by atoms with Crippen molar-refractivity contribution >= 4 is 17.3 Å². The number of aromatic nitrogens is 2. The van der Waals surface area contributed by atoms with Gasteiger partial charge in [0.05, 0.1) is 6.54 Å². The molecule has 1 aliphatic rings. The summed E-state index contributed by atoms with van der Waals surface area (Å²) in [5.41, 5.74) is 3.49. The normalized spacial score (nSPS) is 18.0. The minimum Gasteiger partial charge on any atom is -0.369 e. The van der Waals surface area contributed by atoms with Crippen LogP contribution >= 0.6 is 11.6 Å². The third kappa shape index (κ3) is 4.15. The summed E-state index contributed by atoms with van der Waals surface area (Å²) >= 11 is 5.94. The Kier molecular flexibility index (Phi) is 5.14. The van der Waals surface area contributed by atoms with E-state index in [2.05, 4.69) is 58.1 Å². The van der Waals surface area contributed by atoms with E-state index in [-0.39, 0.29) is 0 Å². The second kappa shape index (κ2) is 7.71. The summed E-state index contributed by atoms with van der Waals surface area (Å²) in [5, 5.41) is 4.81. The third-order valence-electron chi connectivity index (χ3n) is 5.07. The highest BCUT2D eigenvalue weighted by atomic mass is 35.5. The Morgan fingerprint density at radius 2 is 1.81 bits per heavy atom. The van der Waals surface area contributed by atoms with Gasteiger partial charge in [0.25, 0.3) is 0 Å². The largest absolute Gasteiger partial charge is 0.369 e.